The van der Waals surface area contributed by atoms with Gasteiger partial charge in [-0.2, -0.15) is 4.31 Å². The predicted molar refractivity (Wildman–Crippen MR) is 95.3 cm³/mol. The third-order valence-corrected chi connectivity index (χ3v) is 6.77. The lowest BCUT2D eigenvalue weighted by Crippen LogP contribution is -2.32. The van der Waals surface area contributed by atoms with E-state index in [0.717, 1.165) is 5.52 Å². The number of sulfonamides is 1. The van der Waals surface area contributed by atoms with E-state index in [4.69, 9.17) is 0 Å². The molecule has 0 bridgehead atoms. The van der Waals surface area contributed by atoms with E-state index in [9.17, 15) is 13.2 Å². The maximum absolute atomic E-state index is 12.9. The number of hydrogen-bond acceptors (Lipinski definition) is 5. The Morgan fingerprint density at radius 2 is 2.04 bits per heavy atom. The van der Waals surface area contributed by atoms with Crippen LogP contribution in [0.2, 0.25) is 0 Å². The minimum Gasteiger partial charge on any atom is -0.337 e. The van der Waals surface area contributed by atoms with Crippen LogP contribution in [0.3, 0.4) is 0 Å². The highest BCUT2D eigenvalue weighted by molar-refractivity contribution is 7.89. The van der Waals surface area contributed by atoms with Crippen molar-refractivity contribution >= 4 is 21.2 Å². The largest absolute Gasteiger partial charge is 0.337 e. The van der Waals surface area contributed by atoms with Crippen LogP contribution in [0.15, 0.2) is 34.3 Å². The van der Waals surface area contributed by atoms with Crippen LogP contribution in [0.4, 0.5) is 0 Å². The average Bonchev–Trinajstić information content (AvgIpc) is 3.28. The summed E-state index contributed by atoms with van der Waals surface area (Å²) in [5.74, 6) is 0.633. The topological polar surface area (TPSA) is 95.0 Å². The molecule has 138 valence electrons. The molecular formula is C16H20N6O3S. The van der Waals surface area contributed by atoms with Crippen LogP contribution in [0.1, 0.15) is 18.3 Å². The Balaban J connectivity index is 1.70. The van der Waals surface area contributed by atoms with Crippen LogP contribution >= 0.6 is 0 Å². The summed E-state index contributed by atoms with van der Waals surface area (Å²) in [7, 11) is -0.225. The summed E-state index contributed by atoms with van der Waals surface area (Å²) in [6.07, 6.45) is 3.71. The third-order valence-electron chi connectivity index (χ3n) is 5.03. The monoisotopic (exact) mass is 376 g/mol. The van der Waals surface area contributed by atoms with Crippen molar-refractivity contribution in [3.05, 3.63) is 40.8 Å². The van der Waals surface area contributed by atoms with E-state index in [1.54, 1.807) is 47.0 Å². The minimum atomic E-state index is -3.68. The first-order chi connectivity index (χ1) is 12.3. The summed E-state index contributed by atoms with van der Waals surface area (Å²) >= 11 is 0. The van der Waals surface area contributed by atoms with E-state index in [1.165, 1.54) is 10.5 Å². The molecule has 4 rings (SSSR count). The first-order valence-corrected chi connectivity index (χ1v) is 9.77. The van der Waals surface area contributed by atoms with Crippen molar-refractivity contribution in [2.75, 3.05) is 13.1 Å². The van der Waals surface area contributed by atoms with Crippen LogP contribution in [0, 0.1) is 6.92 Å². The first-order valence-electron chi connectivity index (χ1n) is 8.33. The van der Waals surface area contributed by atoms with Gasteiger partial charge in [0.25, 0.3) is 10.0 Å². The highest BCUT2D eigenvalue weighted by atomic mass is 32.2. The number of pyridine rings is 1. The SMILES string of the molecule is Cc1nc(S(=O)(=O)N2CCC(n3c(=O)n(C)c4cccnc43)C2)cn1C. The molecular weight excluding hydrogens is 356 g/mol. The molecule has 3 aromatic heterocycles. The summed E-state index contributed by atoms with van der Waals surface area (Å²) in [5.41, 5.74) is 1.13. The van der Waals surface area contributed by atoms with Gasteiger partial charge in [0.05, 0.1) is 11.6 Å². The molecule has 9 nitrogen and oxygen atoms in total. The lowest BCUT2D eigenvalue weighted by molar-refractivity contribution is 0.447. The maximum atomic E-state index is 12.9. The molecule has 0 saturated carbocycles. The third kappa shape index (κ3) is 2.40. The highest BCUT2D eigenvalue weighted by Crippen LogP contribution is 2.28. The Bertz CT molecular complexity index is 1140. The molecule has 0 amide bonds. The van der Waals surface area contributed by atoms with Gasteiger partial charge in [0.2, 0.25) is 0 Å². The van der Waals surface area contributed by atoms with Crippen LogP contribution in [0.5, 0.6) is 0 Å². The number of nitrogens with zero attached hydrogens (tertiary/aromatic N) is 6. The van der Waals surface area contributed by atoms with E-state index in [2.05, 4.69) is 9.97 Å². The van der Waals surface area contributed by atoms with Crippen LogP contribution < -0.4 is 5.69 Å². The summed E-state index contributed by atoms with van der Waals surface area (Å²) in [6, 6.07) is 3.36. The van der Waals surface area contributed by atoms with Gasteiger partial charge in [0, 0.05) is 39.6 Å². The zero-order chi connectivity index (χ0) is 18.6. The Kier molecular flexibility index (Phi) is 3.77. The van der Waals surface area contributed by atoms with Crippen molar-refractivity contribution in [1.82, 2.24) is 28.0 Å². The fraction of sp³-hybridized carbons (Fsp3) is 0.438. The Labute approximate surface area is 150 Å². The quantitative estimate of drug-likeness (QED) is 0.660. The van der Waals surface area contributed by atoms with Gasteiger partial charge in [-0.25, -0.2) is 23.2 Å². The molecule has 1 unspecified atom stereocenters. The van der Waals surface area contributed by atoms with Crippen molar-refractivity contribution in [2.45, 2.75) is 24.4 Å². The Morgan fingerprint density at radius 3 is 2.73 bits per heavy atom. The molecule has 1 aliphatic heterocycles. The minimum absolute atomic E-state index is 0.0431. The Hall–Kier alpha value is -2.46. The summed E-state index contributed by atoms with van der Waals surface area (Å²) in [4.78, 5) is 21.1. The van der Waals surface area contributed by atoms with Gasteiger partial charge >= 0.3 is 5.69 Å². The fourth-order valence-corrected chi connectivity index (χ4v) is 4.96. The van der Waals surface area contributed by atoms with Crippen LogP contribution in [0.25, 0.3) is 11.2 Å². The summed E-state index contributed by atoms with van der Waals surface area (Å²) < 4.78 is 32.0. The number of fused-ring (bicyclic) bond motifs is 1. The van der Waals surface area contributed by atoms with Crippen molar-refractivity contribution in [3.8, 4) is 0 Å². The zero-order valence-electron chi connectivity index (χ0n) is 14.8. The van der Waals surface area contributed by atoms with E-state index >= 15 is 0 Å². The number of hydrogen-bond donors (Lipinski definition) is 0. The second-order valence-electron chi connectivity index (χ2n) is 6.60. The molecule has 0 radical (unpaired) electrons. The second-order valence-corrected chi connectivity index (χ2v) is 8.49. The van der Waals surface area contributed by atoms with E-state index in [-0.39, 0.29) is 23.3 Å². The fourth-order valence-electron chi connectivity index (χ4n) is 3.44. The molecule has 26 heavy (non-hydrogen) atoms. The van der Waals surface area contributed by atoms with Gasteiger partial charge in [-0.05, 0) is 25.5 Å². The maximum Gasteiger partial charge on any atom is 0.330 e. The standard InChI is InChI=1S/C16H20N6O3S/c1-11-18-14(10-19(11)2)26(24,25)21-8-6-12(9-21)22-15-13(5-4-7-17-15)20(3)16(22)23/h4-5,7,10,12H,6,8-9H2,1-3H3. The van der Waals surface area contributed by atoms with E-state index < -0.39 is 10.0 Å². The molecule has 0 spiro atoms. The Morgan fingerprint density at radius 1 is 1.27 bits per heavy atom. The average molecular weight is 376 g/mol. The van der Waals surface area contributed by atoms with E-state index in [0.29, 0.717) is 24.4 Å². The number of imidazole rings is 2. The number of rotatable bonds is 3. The molecule has 1 fully saturated rings. The molecule has 3 aromatic rings. The van der Waals surface area contributed by atoms with Crippen molar-refractivity contribution in [1.29, 1.82) is 0 Å². The lowest BCUT2D eigenvalue weighted by atomic mass is 10.2. The number of aromatic nitrogens is 5. The molecule has 1 saturated heterocycles. The van der Waals surface area contributed by atoms with Crippen molar-refractivity contribution in [3.63, 3.8) is 0 Å². The summed E-state index contributed by atoms with van der Waals surface area (Å²) in [6.45, 7) is 2.33. The predicted octanol–water partition coefficient (Wildman–Crippen LogP) is 0.413. The second kappa shape index (κ2) is 5.78. The smallest absolute Gasteiger partial charge is 0.330 e. The molecule has 0 aromatic carbocycles. The molecule has 1 aliphatic rings. The van der Waals surface area contributed by atoms with Gasteiger partial charge in [-0.3, -0.25) is 9.13 Å². The normalized spacial score (nSPS) is 18.8. The van der Waals surface area contributed by atoms with Crippen molar-refractivity contribution in [2.24, 2.45) is 14.1 Å². The molecule has 0 N–H and O–H groups in total. The van der Waals surface area contributed by atoms with Gasteiger partial charge in [-0.15, -0.1) is 0 Å². The zero-order valence-corrected chi connectivity index (χ0v) is 15.6. The summed E-state index contributed by atoms with van der Waals surface area (Å²) in [5, 5.41) is 0.0431. The molecule has 1 atom stereocenters. The molecule has 10 heteroatoms. The highest BCUT2D eigenvalue weighted by Gasteiger charge is 2.36. The lowest BCUT2D eigenvalue weighted by Gasteiger charge is -2.15. The van der Waals surface area contributed by atoms with E-state index in [1.807, 2.05) is 6.07 Å². The molecule has 4 heterocycles. The molecule has 0 aliphatic carbocycles. The van der Waals surface area contributed by atoms with Crippen molar-refractivity contribution < 1.29 is 8.42 Å². The van der Waals surface area contributed by atoms with Gasteiger partial charge in [-0.1, -0.05) is 0 Å². The van der Waals surface area contributed by atoms with Gasteiger partial charge < -0.3 is 4.57 Å². The van der Waals surface area contributed by atoms with Gasteiger partial charge in [0.15, 0.2) is 10.7 Å². The van der Waals surface area contributed by atoms with Crippen LogP contribution in [-0.4, -0.2) is 49.5 Å². The van der Waals surface area contributed by atoms with Gasteiger partial charge in [0.1, 0.15) is 5.82 Å². The first kappa shape index (κ1) is 17.0. The number of aryl methyl sites for hydroxylation is 3. The van der Waals surface area contributed by atoms with Crippen LogP contribution in [-0.2, 0) is 24.1 Å².